The predicted octanol–water partition coefficient (Wildman–Crippen LogP) is 14.2. The number of allylic oxidation sites excluding steroid dienone is 1. The number of hydrogen-bond donors (Lipinski definition) is 0. The van der Waals surface area contributed by atoms with E-state index >= 15 is 0 Å². The lowest BCUT2D eigenvalue weighted by Gasteiger charge is -2.17. The number of para-hydroxylation sites is 2. The highest BCUT2D eigenvalue weighted by Crippen LogP contribution is 2.44. The lowest BCUT2D eigenvalue weighted by atomic mass is 10.0. The molecule has 0 bridgehead atoms. The number of nitrogens with zero attached hydrogens (tertiary/aromatic N) is 3. The highest BCUT2D eigenvalue weighted by atomic mass is 127. The van der Waals surface area contributed by atoms with Crippen molar-refractivity contribution >= 4 is 98.8 Å². The summed E-state index contributed by atoms with van der Waals surface area (Å²) in [5.74, 6) is 0. The molecule has 0 N–H and O–H groups in total. The molecule has 1 aliphatic rings. The fourth-order valence-corrected chi connectivity index (χ4v) is 11.7. The van der Waals surface area contributed by atoms with Gasteiger partial charge in [0.05, 0.1) is 33.5 Å². The van der Waals surface area contributed by atoms with Crippen molar-refractivity contribution < 1.29 is 0 Å². The summed E-state index contributed by atoms with van der Waals surface area (Å²) in [6.45, 7) is 0. The molecule has 0 saturated heterocycles. The van der Waals surface area contributed by atoms with Crippen LogP contribution in [-0.4, -0.2) is 18.5 Å². The summed E-state index contributed by atoms with van der Waals surface area (Å²) >= 11 is -0.589. The Morgan fingerprint density at radius 2 is 0.948 bits per heavy atom. The van der Waals surface area contributed by atoms with E-state index in [4.69, 9.17) is 4.99 Å². The maximum Gasteiger partial charge on any atom is 0.104 e. The van der Waals surface area contributed by atoms with Crippen LogP contribution in [0.3, 0.4) is 0 Å². The van der Waals surface area contributed by atoms with E-state index in [1.807, 2.05) is 0 Å². The topological polar surface area (TPSA) is 22.2 Å². The predicted molar refractivity (Wildman–Crippen MR) is 256 cm³/mol. The van der Waals surface area contributed by atoms with E-state index in [0.29, 0.717) is 0 Å². The lowest BCUT2D eigenvalue weighted by Crippen LogP contribution is -2.08. The first-order chi connectivity index (χ1) is 28.8. The van der Waals surface area contributed by atoms with E-state index in [-0.39, 0.29) is 0 Å². The minimum absolute atomic E-state index is 0.589. The summed E-state index contributed by atoms with van der Waals surface area (Å²) in [7, 11) is 0. The van der Waals surface area contributed by atoms with E-state index in [2.05, 4.69) is 215 Å². The molecule has 0 unspecified atom stereocenters. The second kappa shape index (κ2) is 13.4. The molecule has 3 heterocycles. The van der Waals surface area contributed by atoms with Crippen molar-refractivity contribution in [1.29, 1.82) is 0 Å². The van der Waals surface area contributed by atoms with Crippen LogP contribution >= 0.6 is 20.7 Å². The number of halogens is 1. The quantitative estimate of drug-likeness (QED) is 0.154. The van der Waals surface area contributed by atoms with Gasteiger partial charge in [-0.25, -0.2) is 4.99 Å². The highest BCUT2D eigenvalue weighted by molar-refractivity contribution is 14.2. The molecule has 0 aliphatic carbocycles. The van der Waals surface area contributed by atoms with Crippen LogP contribution in [0.5, 0.6) is 0 Å². The van der Waals surface area contributed by atoms with Gasteiger partial charge in [-0.1, -0.05) is 172 Å². The highest BCUT2D eigenvalue weighted by Gasteiger charge is 2.23. The van der Waals surface area contributed by atoms with Gasteiger partial charge in [-0.3, -0.25) is 0 Å². The lowest BCUT2D eigenvalue weighted by molar-refractivity contribution is 1.18. The molecule has 4 heteroatoms. The summed E-state index contributed by atoms with van der Waals surface area (Å²) in [6, 6.07) is 73.0. The van der Waals surface area contributed by atoms with Crippen LogP contribution in [0.25, 0.3) is 80.1 Å². The first-order valence-corrected chi connectivity index (χ1v) is 21.8. The Bertz CT molecular complexity index is 3510. The van der Waals surface area contributed by atoms with Gasteiger partial charge in [-0.15, -0.1) is 0 Å². The molecule has 272 valence electrons. The molecule has 1 aliphatic heterocycles. The molecule has 0 radical (unpaired) electrons. The Hall–Kier alpha value is -6.89. The normalized spacial score (nSPS) is 13.3. The Kier molecular flexibility index (Phi) is 7.66. The largest absolute Gasteiger partial charge is 0.309 e. The molecule has 0 fully saturated rings. The second-order valence-electron chi connectivity index (χ2n) is 14.9. The van der Waals surface area contributed by atoms with Gasteiger partial charge >= 0.3 is 0 Å². The molecule has 0 atom stereocenters. The minimum atomic E-state index is -0.589. The molecule has 3 nitrogen and oxygen atoms in total. The Morgan fingerprint density at radius 3 is 1.67 bits per heavy atom. The van der Waals surface area contributed by atoms with Crippen molar-refractivity contribution in [1.82, 2.24) is 9.13 Å². The van der Waals surface area contributed by atoms with Crippen LogP contribution in [0.1, 0.15) is 16.7 Å². The van der Waals surface area contributed by atoms with Crippen LogP contribution in [0.4, 0.5) is 0 Å². The average Bonchev–Trinajstić information content (AvgIpc) is 3.82. The fourth-order valence-electron chi connectivity index (χ4n) is 8.98. The second-order valence-corrected chi connectivity index (χ2v) is 17.6. The van der Waals surface area contributed by atoms with Gasteiger partial charge in [0.2, 0.25) is 0 Å². The van der Waals surface area contributed by atoms with Crippen LogP contribution < -0.4 is 0 Å². The van der Waals surface area contributed by atoms with E-state index in [9.17, 15) is 0 Å². The van der Waals surface area contributed by atoms with Crippen molar-refractivity contribution in [2.75, 3.05) is 0 Å². The molecular formula is C54H34IN3. The molecule has 0 amide bonds. The molecule has 0 spiro atoms. The number of hydrogen-bond acceptors (Lipinski definition) is 1. The first-order valence-electron chi connectivity index (χ1n) is 19.7. The van der Waals surface area contributed by atoms with Crippen molar-refractivity contribution in [3.05, 3.63) is 223 Å². The number of benzene rings is 9. The van der Waals surface area contributed by atoms with E-state index < -0.39 is 20.7 Å². The van der Waals surface area contributed by atoms with E-state index in [1.54, 1.807) is 0 Å². The Labute approximate surface area is 345 Å². The van der Waals surface area contributed by atoms with Gasteiger partial charge in [0.1, 0.15) is 3.63 Å². The van der Waals surface area contributed by atoms with Gasteiger partial charge < -0.3 is 9.13 Å². The van der Waals surface area contributed by atoms with Crippen LogP contribution in [-0.2, 0) is 0 Å². The van der Waals surface area contributed by atoms with Gasteiger partial charge in [-0.05, 0) is 76.3 Å². The minimum Gasteiger partial charge on any atom is -0.309 e. The molecule has 0 saturated carbocycles. The van der Waals surface area contributed by atoms with Crippen LogP contribution in [0.15, 0.2) is 211 Å². The Morgan fingerprint density at radius 1 is 0.379 bits per heavy atom. The SMILES string of the molecule is C1=C(c2ccccc2)I=C(c2cc(-n3c4ccccc4c4c5c6ccccc6n(-c6ccc7ccccc7c6)c5ccc43)c3ccccc3c2)N=C1c1ccccc1. The third kappa shape index (κ3) is 5.25. The number of aliphatic imine (C=N–C) groups is 1. The number of aromatic nitrogens is 2. The first kappa shape index (κ1) is 33.3. The van der Waals surface area contributed by atoms with Gasteiger partial charge in [-0.2, -0.15) is 0 Å². The van der Waals surface area contributed by atoms with Crippen molar-refractivity contribution in [3.8, 4) is 11.4 Å². The zero-order chi connectivity index (χ0) is 38.2. The summed E-state index contributed by atoms with van der Waals surface area (Å²) in [6.07, 6.45) is 2.32. The molecular weight excluding hydrogens is 818 g/mol. The number of rotatable bonds is 5. The molecule has 9 aromatic carbocycles. The summed E-state index contributed by atoms with van der Waals surface area (Å²) < 4.78 is 7.50. The third-order valence-corrected chi connectivity index (χ3v) is 14.5. The monoisotopic (exact) mass is 851 g/mol. The maximum atomic E-state index is 5.47. The summed E-state index contributed by atoms with van der Waals surface area (Å²) in [5, 5.41) is 9.95. The standard InChI is InChI=1S/C54H34IN3/c1-3-16-36(17-4-1)45-34-46(37-18-5-2-6-19-37)56-54(55-45)40-31-39-21-9-10-22-42(39)51(33-40)58-48-26-14-12-24-44(48)53-50(58)30-29-49-52(53)43-23-11-13-25-47(43)57(49)41-28-27-35-15-7-8-20-38(35)32-41/h1-34H. The van der Waals surface area contributed by atoms with Crippen LogP contribution in [0, 0.1) is 0 Å². The average molecular weight is 852 g/mol. The molecule has 11 aromatic rings. The summed E-state index contributed by atoms with van der Waals surface area (Å²) in [5.41, 5.74) is 11.7. The zero-order valence-electron chi connectivity index (χ0n) is 31.3. The van der Waals surface area contributed by atoms with E-state index in [0.717, 1.165) is 11.3 Å². The van der Waals surface area contributed by atoms with Crippen molar-refractivity contribution in [2.45, 2.75) is 0 Å². The zero-order valence-corrected chi connectivity index (χ0v) is 33.5. The third-order valence-electron chi connectivity index (χ3n) is 11.6. The van der Waals surface area contributed by atoms with E-state index in [1.165, 1.54) is 94.9 Å². The fraction of sp³-hybridized carbons (Fsp3) is 0. The molecule has 2 aromatic heterocycles. The summed E-state index contributed by atoms with van der Waals surface area (Å²) in [4.78, 5) is 5.47. The van der Waals surface area contributed by atoms with Gasteiger partial charge in [0.15, 0.2) is 0 Å². The Balaban J connectivity index is 1.14. The number of fused-ring (bicyclic) bond motifs is 9. The maximum absolute atomic E-state index is 5.47. The molecule has 58 heavy (non-hydrogen) atoms. The van der Waals surface area contributed by atoms with Crippen LogP contribution in [0.2, 0.25) is 0 Å². The van der Waals surface area contributed by atoms with Gasteiger partial charge in [0.25, 0.3) is 0 Å². The molecule has 12 rings (SSSR count). The van der Waals surface area contributed by atoms with Crippen molar-refractivity contribution in [2.24, 2.45) is 4.99 Å². The van der Waals surface area contributed by atoms with Gasteiger partial charge in [0, 0.05) is 47.3 Å². The smallest absolute Gasteiger partial charge is 0.104 e. The van der Waals surface area contributed by atoms with Crippen molar-refractivity contribution in [3.63, 3.8) is 0 Å².